The van der Waals surface area contributed by atoms with Gasteiger partial charge >= 0.3 is 12.1 Å². The fraction of sp³-hybridized carbons (Fsp3) is 0.0625. The van der Waals surface area contributed by atoms with Crippen LogP contribution >= 0.6 is 0 Å². The van der Waals surface area contributed by atoms with E-state index in [2.05, 4.69) is 20.4 Å². The van der Waals surface area contributed by atoms with Gasteiger partial charge in [-0.05, 0) is 5.56 Å². The molecule has 0 atom stereocenters. The normalized spacial score (nSPS) is 10.2. The van der Waals surface area contributed by atoms with Crippen molar-refractivity contribution in [1.29, 1.82) is 0 Å². The van der Waals surface area contributed by atoms with Gasteiger partial charge in [-0.1, -0.05) is 30.3 Å². The van der Waals surface area contributed by atoms with Gasteiger partial charge < -0.3 is 9.84 Å². The summed E-state index contributed by atoms with van der Waals surface area (Å²) in [6.45, 7) is 0.0523. The predicted octanol–water partition coefficient (Wildman–Crippen LogP) is 2.11. The first-order valence-electron chi connectivity index (χ1n) is 7.20. The second kappa shape index (κ2) is 7.21. The maximum Gasteiger partial charge on any atom is 0.413 e. The van der Waals surface area contributed by atoms with E-state index in [1.54, 1.807) is 12.1 Å². The lowest BCUT2D eigenvalue weighted by Gasteiger charge is -2.10. The molecule has 0 aliphatic heterocycles. The molecule has 0 radical (unpaired) electrons. The van der Waals surface area contributed by atoms with E-state index in [0.29, 0.717) is 5.82 Å². The minimum absolute atomic E-state index is 0.0516. The standard InChI is InChI=1S/C16H13N5O4/c22-15(23)12-8-19-21(13-6-7-17-10-18-13)14(12)20-16(24)25-9-11-4-2-1-3-5-11/h1-8,10H,9H2,(H,20,24)(H,22,23). The second-order valence-corrected chi connectivity index (χ2v) is 4.88. The molecular formula is C16H13N5O4. The minimum Gasteiger partial charge on any atom is -0.477 e. The van der Waals surface area contributed by atoms with Gasteiger partial charge in [0, 0.05) is 12.3 Å². The number of hydrogen-bond acceptors (Lipinski definition) is 6. The van der Waals surface area contributed by atoms with E-state index in [4.69, 9.17) is 4.74 Å². The molecule has 0 aliphatic carbocycles. The molecule has 9 nitrogen and oxygen atoms in total. The van der Waals surface area contributed by atoms with Gasteiger partial charge in [-0.3, -0.25) is 5.32 Å². The molecule has 25 heavy (non-hydrogen) atoms. The summed E-state index contributed by atoms with van der Waals surface area (Å²) in [5, 5.41) is 15.6. The predicted molar refractivity (Wildman–Crippen MR) is 86.4 cm³/mol. The van der Waals surface area contributed by atoms with Crippen molar-refractivity contribution in [2.45, 2.75) is 6.61 Å². The average molecular weight is 339 g/mol. The first-order chi connectivity index (χ1) is 12.1. The monoisotopic (exact) mass is 339 g/mol. The first-order valence-corrected chi connectivity index (χ1v) is 7.20. The lowest BCUT2D eigenvalue weighted by atomic mass is 10.2. The summed E-state index contributed by atoms with van der Waals surface area (Å²) in [5.41, 5.74) is 0.621. The fourth-order valence-electron chi connectivity index (χ4n) is 2.06. The Morgan fingerprint density at radius 3 is 2.68 bits per heavy atom. The van der Waals surface area contributed by atoms with Crippen molar-refractivity contribution < 1.29 is 19.4 Å². The smallest absolute Gasteiger partial charge is 0.413 e. The van der Waals surface area contributed by atoms with E-state index in [-0.39, 0.29) is 18.0 Å². The Labute approximate surface area is 141 Å². The van der Waals surface area contributed by atoms with E-state index >= 15 is 0 Å². The number of aromatic nitrogens is 4. The molecule has 3 rings (SSSR count). The third-order valence-electron chi connectivity index (χ3n) is 3.22. The highest BCUT2D eigenvalue weighted by Crippen LogP contribution is 2.19. The number of rotatable bonds is 5. The number of carboxylic acids is 1. The van der Waals surface area contributed by atoms with Crippen LogP contribution in [0.4, 0.5) is 10.6 Å². The number of hydrogen-bond donors (Lipinski definition) is 2. The molecular weight excluding hydrogens is 326 g/mol. The van der Waals surface area contributed by atoms with Gasteiger partial charge in [0.25, 0.3) is 0 Å². The molecule has 1 amide bonds. The van der Waals surface area contributed by atoms with Crippen molar-refractivity contribution >= 4 is 17.9 Å². The van der Waals surface area contributed by atoms with Gasteiger partial charge in [-0.15, -0.1) is 0 Å². The highest BCUT2D eigenvalue weighted by atomic mass is 16.5. The maximum atomic E-state index is 12.0. The number of nitrogens with zero attached hydrogens (tertiary/aromatic N) is 4. The minimum atomic E-state index is -1.24. The Balaban J connectivity index is 1.79. The van der Waals surface area contributed by atoms with Crippen molar-refractivity contribution in [3.8, 4) is 5.82 Å². The number of ether oxygens (including phenoxy) is 1. The summed E-state index contributed by atoms with van der Waals surface area (Å²) < 4.78 is 6.30. The molecule has 0 saturated carbocycles. The van der Waals surface area contributed by atoms with E-state index < -0.39 is 12.1 Å². The maximum absolute atomic E-state index is 12.0. The molecule has 0 aliphatic rings. The number of amides is 1. The van der Waals surface area contributed by atoms with Gasteiger partial charge in [-0.2, -0.15) is 9.78 Å². The van der Waals surface area contributed by atoms with Crippen LogP contribution in [0, 0.1) is 0 Å². The van der Waals surface area contributed by atoms with Crippen LogP contribution in [-0.4, -0.2) is 36.9 Å². The van der Waals surface area contributed by atoms with Crippen molar-refractivity contribution in [3.63, 3.8) is 0 Å². The molecule has 2 N–H and O–H groups in total. The van der Waals surface area contributed by atoms with Crippen LogP contribution in [0.5, 0.6) is 0 Å². The molecule has 0 fully saturated rings. The van der Waals surface area contributed by atoms with Gasteiger partial charge in [0.05, 0.1) is 6.20 Å². The number of carboxylic acid groups (broad SMARTS) is 1. The van der Waals surface area contributed by atoms with E-state index in [1.807, 2.05) is 18.2 Å². The molecule has 0 saturated heterocycles. The molecule has 0 unspecified atom stereocenters. The lowest BCUT2D eigenvalue weighted by Crippen LogP contribution is -2.18. The molecule has 2 heterocycles. The van der Waals surface area contributed by atoms with Crippen molar-refractivity contribution in [3.05, 3.63) is 66.2 Å². The average Bonchev–Trinajstić information content (AvgIpc) is 3.05. The summed E-state index contributed by atoms with van der Waals surface area (Å²) in [4.78, 5) is 31.2. The number of carbonyl (C=O) groups excluding carboxylic acids is 1. The van der Waals surface area contributed by atoms with Crippen LogP contribution in [0.3, 0.4) is 0 Å². The first kappa shape index (κ1) is 16.1. The Morgan fingerprint density at radius 2 is 2.00 bits per heavy atom. The van der Waals surface area contributed by atoms with E-state index in [0.717, 1.165) is 11.8 Å². The molecule has 2 aromatic heterocycles. The van der Waals surface area contributed by atoms with Crippen molar-refractivity contribution in [2.75, 3.05) is 5.32 Å². The Hall–Kier alpha value is -3.75. The zero-order chi connectivity index (χ0) is 17.6. The zero-order valence-corrected chi connectivity index (χ0v) is 12.9. The van der Waals surface area contributed by atoms with Crippen LogP contribution in [0.1, 0.15) is 15.9 Å². The van der Waals surface area contributed by atoms with Crippen LogP contribution in [0.25, 0.3) is 5.82 Å². The van der Waals surface area contributed by atoms with Crippen LogP contribution in [0.2, 0.25) is 0 Å². The van der Waals surface area contributed by atoms with Gasteiger partial charge in [0.1, 0.15) is 18.5 Å². The third kappa shape index (κ3) is 3.78. The van der Waals surface area contributed by atoms with E-state index in [9.17, 15) is 14.7 Å². The van der Waals surface area contributed by atoms with E-state index in [1.165, 1.54) is 23.3 Å². The number of anilines is 1. The SMILES string of the molecule is O=C(Nc1c(C(=O)O)cnn1-c1ccncn1)OCc1ccccc1. The molecule has 9 heteroatoms. The fourth-order valence-corrected chi connectivity index (χ4v) is 2.06. The highest BCUT2D eigenvalue weighted by molar-refractivity contribution is 5.97. The Kier molecular flexibility index (Phi) is 4.65. The van der Waals surface area contributed by atoms with Crippen molar-refractivity contribution in [2.24, 2.45) is 0 Å². The Bertz CT molecular complexity index is 880. The summed E-state index contributed by atoms with van der Waals surface area (Å²) in [5.74, 6) is -0.983. The third-order valence-corrected chi connectivity index (χ3v) is 3.22. The summed E-state index contributed by atoms with van der Waals surface area (Å²) in [6.07, 6.45) is 3.08. The summed E-state index contributed by atoms with van der Waals surface area (Å²) >= 11 is 0. The molecule has 3 aromatic rings. The molecule has 0 bridgehead atoms. The second-order valence-electron chi connectivity index (χ2n) is 4.88. The topological polar surface area (TPSA) is 119 Å². The molecule has 1 aromatic carbocycles. The van der Waals surface area contributed by atoms with Gasteiger partial charge in [-0.25, -0.2) is 19.6 Å². The van der Waals surface area contributed by atoms with Crippen molar-refractivity contribution in [1.82, 2.24) is 19.7 Å². The van der Waals surface area contributed by atoms with Crippen LogP contribution < -0.4 is 5.32 Å². The van der Waals surface area contributed by atoms with Gasteiger partial charge in [0.2, 0.25) is 0 Å². The number of nitrogens with one attached hydrogen (secondary N) is 1. The van der Waals surface area contributed by atoms with Crippen LogP contribution in [-0.2, 0) is 11.3 Å². The number of benzene rings is 1. The zero-order valence-electron chi connectivity index (χ0n) is 12.9. The van der Waals surface area contributed by atoms with Crippen LogP contribution in [0.15, 0.2) is 55.1 Å². The van der Waals surface area contributed by atoms with Gasteiger partial charge in [0.15, 0.2) is 11.6 Å². The summed E-state index contributed by atoms with van der Waals surface area (Å²) in [7, 11) is 0. The largest absolute Gasteiger partial charge is 0.477 e. The summed E-state index contributed by atoms with van der Waals surface area (Å²) in [6, 6.07) is 10.6. The molecule has 126 valence electrons. The highest BCUT2D eigenvalue weighted by Gasteiger charge is 2.21. The number of carbonyl (C=O) groups is 2. The molecule has 0 spiro atoms. The lowest BCUT2D eigenvalue weighted by molar-refractivity contribution is 0.0698. The quantitative estimate of drug-likeness (QED) is 0.730. The Morgan fingerprint density at radius 1 is 1.20 bits per heavy atom. The number of aromatic carboxylic acids is 1.